The van der Waals surface area contributed by atoms with Gasteiger partial charge in [-0.15, -0.1) is 23.1 Å². The average molecular weight is 364 g/mol. The number of thiazole rings is 1. The summed E-state index contributed by atoms with van der Waals surface area (Å²) in [4.78, 5) is 29.0. The third-order valence-electron chi connectivity index (χ3n) is 2.98. The standard InChI is InChI=1S/C17H21N3O2S2/c1-11-14(24-16(18-11)12-8-6-5-7-9-12)15(22)20-19-13(21)10-23-17(2,3)4/h5-9H,10H2,1-4H3,(H,19,21)(H,20,22). The quantitative estimate of drug-likeness (QED) is 0.817. The molecule has 5 nitrogen and oxygen atoms in total. The number of amides is 2. The van der Waals surface area contributed by atoms with Gasteiger partial charge in [0.2, 0.25) is 5.91 Å². The third kappa shape index (κ3) is 5.35. The van der Waals surface area contributed by atoms with E-state index in [1.807, 2.05) is 51.1 Å². The lowest BCUT2D eigenvalue weighted by Gasteiger charge is -2.17. The lowest BCUT2D eigenvalue weighted by molar-refractivity contribution is -0.119. The molecular formula is C17H21N3O2S2. The molecule has 24 heavy (non-hydrogen) atoms. The monoisotopic (exact) mass is 363 g/mol. The van der Waals surface area contributed by atoms with Crippen LogP contribution in [0.4, 0.5) is 0 Å². The number of aromatic nitrogens is 1. The summed E-state index contributed by atoms with van der Waals surface area (Å²) < 4.78 is 0.000193. The van der Waals surface area contributed by atoms with Crippen LogP contribution in [0, 0.1) is 6.92 Å². The Morgan fingerprint density at radius 1 is 1.17 bits per heavy atom. The first-order valence-electron chi connectivity index (χ1n) is 7.52. The van der Waals surface area contributed by atoms with Crippen LogP contribution in [0.1, 0.15) is 36.1 Å². The van der Waals surface area contributed by atoms with E-state index in [0.29, 0.717) is 16.3 Å². The maximum absolute atomic E-state index is 12.3. The van der Waals surface area contributed by atoms with E-state index < -0.39 is 0 Å². The first kappa shape index (κ1) is 18.5. The molecule has 0 unspecified atom stereocenters. The van der Waals surface area contributed by atoms with Gasteiger partial charge >= 0.3 is 0 Å². The van der Waals surface area contributed by atoms with E-state index in [1.54, 1.807) is 6.92 Å². The van der Waals surface area contributed by atoms with E-state index in [-0.39, 0.29) is 16.6 Å². The summed E-state index contributed by atoms with van der Waals surface area (Å²) in [5.74, 6) is -0.282. The minimum atomic E-state index is -0.346. The minimum absolute atomic E-state index is 0.000193. The van der Waals surface area contributed by atoms with E-state index in [4.69, 9.17) is 0 Å². The molecule has 2 aromatic rings. The van der Waals surface area contributed by atoms with Crippen LogP contribution in [-0.2, 0) is 4.79 Å². The fourth-order valence-corrected chi connectivity index (χ4v) is 3.42. The molecule has 0 radical (unpaired) electrons. The number of benzene rings is 1. The highest BCUT2D eigenvalue weighted by molar-refractivity contribution is 8.01. The highest BCUT2D eigenvalue weighted by atomic mass is 32.2. The van der Waals surface area contributed by atoms with Crippen molar-refractivity contribution in [1.82, 2.24) is 15.8 Å². The number of aryl methyl sites for hydroxylation is 1. The molecule has 0 aliphatic carbocycles. The van der Waals surface area contributed by atoms with E-state index in [9.17, 15) is 9.59 Å². The Hall–Kier alpha value is -1.86. The maximum atomic E-state index is 12.3. The number of nitrogens with zero attached hydrogens (tertiary/aromatic N) is 1. The number of hydrogen-bond donors (Lipinski definition) is 2. The molecule has 1 heterocycles. The molecule has 0 aliphatic heterocycles. The molecule has 7 heteroatoms. The number of carbonyl (C=O) groups excluding carboxylic acids is 2. The van der Waals surface area contributed by atoms with Crippen LogP contribution in [0.3, 0.4) is 0 Å². The second-order valence-corrected chi connectivity index (χ2v) is 9.00. The van der Waals surface area contributed by atoms with Gasteiger partial charge < -0.3 is 0 Å². The predicted molar refractivity (Wildman–Crippen MR) is 100 cm³/mol. The van der Waals surface area contributed by atoms with Crippen molar-refractivity contribution < 1.29 is 9.59 Å². The summed E-state index contributed by atoms with van der Waals surface area (Å²) in [5.41, 5.74) is 6.52. The largest absolute Gasteiger partial charge is 0.281 e. The van der Waals surface area contributed by atoms with Gasteiger partial charge in [-0.3, -0.25) is 20.4 Å². The SMILES string of the molecule is Cc1nc(-c2ccccc2)sc1C(=O)NNC(=O)CSC(C)(C)C. The molecule has 0 atom stereocenters. The highest BCUT2D eigenvalue weighted by Crippen LogP contribution is 2.27. The molecule has 0 saturated carbocycles. The normalized spacial score (nSPS) is 11.2. The van der Waals surface area contributed by atoms with Gasteiger partial charge in [0.1, 0.15) is 9.88 Å². The highest BCUT2D eigenvalue weighted by Gasteiger charge is 2.18. The molecule has 1 aromatic carbocycles. The van der Waals surface area contributed by atoms with Gasteiger partial charge in [-0.05, 0) is 6.92 Å². The number of thioether (sulfide) groups is 1. The van der Waals surface area contributed by atoms with Crippen LogP contribution in [0.2, 0.25) is 0 Å². The van der Waals surface area contributed by atoms with Crippen molar-refractivity contribution in [3.63, 3.8) is 0 Å². The van der Waals surface area contributed by atoms with Crippen molar-refractivity contribution in [2.75, 3.05) is 5.75 Å². The Morgan fingerprint density at radius 2 is 1.83 bits per heavy atom. The van der Waals surface area contributed by atoms with Crippen molar-refractivity contribution in [3.8, 4) is 10.6 Å². The Morgan fingerprint density at radius 3 is 2.46 bits per heavy atom. The van der Waals surface area contributed by atoms with E-state index >= 15 is 0 Å². The lowest BCUT2D eigenvalue weighted by Crippen LogP contribution is -2.42. The average Bonchev–Trinajstić information content (AvgIpc) is 2.93. The number of rotatable bonds is 4. The van der Waals surface area contributed by atoms with Gasteiger partial charge in [-0.25, -0.2) is 4.98 Å². The van der Waals surface area contributed by atoms with Crippen molar-refractivity contribution >= 4 is 34.9 Å². The van der Waals surface area contributed by atoms with Crippen LogP contribution in [0.5, 0.6) is 0 Å². The first-order valence-corrected chi connectivity index (χ1v) is 9.32. The van der Waals surface area contributed by atoms with Crippen LogP contribution in [0.25, 0.3) is 10.6 Å². The Labute approximate surface area is 150 Å². The molecule has 0 fully saturated rings. The maximum Gasteiger partial charge on any atom is 0.281 e. The molecule has 2 amide bonds. The third-order valence-corrected chi connectivity index (χ3v) is 5.45. The Kier molecular flexibility index (Phi) is 6.01. The summed E-state index contributed by atoms with van der Waals surface area (Å²) in [7, 11) is 0. The number of carbonyl (C=O) groups is 2. The van der Waals surface area contributed by atoms with Gasteiger partial charge in [-0.1, -0.05) is 51.1 Å². The molecule has 0 bridgehead atoms. The van der Waals surface area contributed by atoms with Crippen molar-refractivity contribution in [1.29, 1.82) is 0 Å². The second-order valence-electron chi connectivity index (χ2n) is 6.20. The smallest absolute Gasteiger partial charge is 0.272 e. The summed E-state index contributed by atoms with van der Waals surface area (Å²) in [6, 6.07) is 9.69. The first-order chi connectivity index (χ1) is 11.3. The zero-order valence-corrected chi connectivity index (χ0v) is 15.8. The number of hydrazine groups is 1. The molecular weight excluding hydrogens is 342 g/mol. The van der Waals surface area contributed by atoms with Gasteiger partial charge in [0, 0.05) is 10.3 Å². The van der Waals surface area contributed by atoms with Gasteiger partial charge in [0.15, 0.2) is 0 Å². The van der Waals surface area contributed by atoms with Crippen molar-refractivity contribution in [2.45, 2.75) is 32.4 Å². The topological polar surface area (TPSA) is 71.1 Å². The molecule has 2 rings (SSSR count). The molecule has 0 aliphatic rings. The summed E-state index contributed by atoms with van der Waals surface area (Å²) in [5, 5.41) is 0.785. The fourth-order valence-electron chi connectivity index (χ4n) is 1.81. The number of nitrogens with one attached hydrogen (secondary N) is 2. The van der Waals surface area contributed by atoms with Gasteiger partial charge in [-0.2, -0.15) is 0 Å². The number of hydrogen-bond acceptors (Lipinski definition) is 5. The summed E-state index contributed by atoms with van der Waals surface area (Å²) in [6.45, 7) is 7.90. The summed E-state index contributed by atoms with van der Waals surface area (Å²) >= 11 is 2.83. The van der Waals surface area contributed by atoms with Crippen LogP contribution in [-0.4, -0.2) is 27.3 Å². The predicted octanol–water partition coefficient (Wildman–Crippen LogP) is 3.41. The van der Waals surface area contributed by atoms with Crippen LogP contribution in [0.15, 0.2) is 30.3 Å². The fraction of sp³-hybridized carbons (Fsp3) is 0.353. The Balaban J connectivity index is 1.96. The zero-order chi connectivity index (χ0) is 17.7. The van der Waals surface area contributed by atoms with Crippen LogP contribution < -0.4 is 10.9 Å². The molecule has 1 aromatic heterocycles. The van der Waals surface area contributed by atoms with E-state index in [2.05, 4.69) is 15.8 Å². The van der Waals surface area contributed by atoms with Crippen molar-refractivity contribution in [3.05, 3.63) is 40.9 Å². The second kappa shape index (κ2) is 7.81. The van der Waals surface area contributed by atoms with Crippen LogP contribution >= 0.6 is 23.1 Å². The molecule has 2 N–H and O–H groups in total. The summed E-state index contributed by atoms with van der Waals surface area (Å²) in [6.07, 6.45) is 0. The van der Waals surface area contributed by atoms with Gasteiger partial charge in [0.25, 0.3) is 5.91 Å². The molecule has 128 valence electrons. The minimum Gasteiger partial charge on any atom is -0.272 e. The Bertz CT molecular complexity index is 721. The van der Waals surface area contributed by atoms with Crippen molar-refractivity contribution in [2.24, 2.45) is 0 Å². The zero-order valence-electron chi connectivity index (χ0n) is 14.2. The molecule has 0 spiro atoms. The molecule has 0 saturated heterocycles. The van der Waals surface area contributed by atoms with E-state index in [0.717, 1.165) is 10.6 Å². The lowest BCUT2D eigenvalue weighted by atomic mass is 10.2. The van der Waals surface area contributed by atoms with E-state index in [1.165, 1.54) is 23.1 Å². The van der Waals surface area contributed by atoms with Gasteiger partial charge in [0.05, 0.1) is 11.4 Å².